The zero-order chi connectivity index (χ0) is 9.10. The summed E-state index contributed by atoms with van der Waals surface area (Å²) in [5.41, 5.74) is 3.68. The van der Waals surface area contributed by atoms with Crippen LogP contribution in [0.3, 0.4) is 0 Å². The first kappa shape index (κ1) is 8.57. The van der Waals surface area contributed by atoms with E-state index in [2.05, 4.69) is 39.1 Å². The highest BCUT2D eigenvalue weighted by molar-refractivity contribution is 9.08. The van der Waals surface area contributed by atoms with Crippen LogP contribution in [-0.2, 0) is 5.33 Å². The first-order valence-corrected chi connectivity index (χ1v) is 5.31. The molecule has 0 amide bonds. The molecular weight excluding hydrogens is 226 g/mol. The van der Waals surface area contributed by atoms with Crippen LogP contribution < -0.4 is 0 Å². The molecule has 0 saturated heterocycles. The maximum Gasteiger partial charge on any atom is 0.0457 e. The molecule has 1 heterocycles. The summed E-state index contributed by atoms with van der Waals surface area (Å²) in [4.78, 5) is 3.24. The van der Waals surface area contributed by atoms with Crippen molar-refractivity contribution in [2.45, 2.75) is 5.33 Å². The number of H-pyrrole nitrogens is 1. The molecule has 13 heavy (non-hydrogen) atoms. The maximum absolute atomic E-state index is 3.42. The van der Waals surface area contributed by atoms with Crippen molar-refractivity contribution in [3.63, 3.8) is 0 Å². The second-order valence-corrected chi connectivity index (χ2v) is 3.48. The SMILES string of the molecule is BrCc1c[nH]c(-c2ccccc2)c1. The Labute approximate surface area is 85.9 Å². The van der Waals surface area contributed by atoms with Crippen molar-refractivity contribution in [3.05, 3.63) is 48.2 Å². The van der Waals surface area contributed by atoms with E-state index in [9.17, 15) is 0 Å². The summed E-state index contributed by atoms with van der Waals surface area (Å²) in [5.74, 6) is 0. The number of nitrogens with one attached hydrogen (secondary N) is 1. The fourth-order valence-electron chi connectivity index (χ4n) is 1.30. The highest BCUT2D eigenvalue weighted by Gasteiger charge is 1.99. The number of aromatic amines is 1. The van der Waals surface area contributed by atoms with Gasteiger partial charge in [-0.05, 0) is 17.2 Å². The number of hydrogen-bond donors (Lipinski definition) is 1. The lowest BCUT2D eigenvalue weighted by atomic mass is 10.1. The van der Waals surface area contributed by atoms with Gasteiger partial charge in [-0.25, -0.2) is 0 Å². The van der Waals surface area contributed by atoms with Crippen molar-refractivity contribution in [1.29, 1.82) is 0 Å². The van der Waals surface area contributed by atoms with Crippen LogP contribution in [0.5, 0.6) is 0 Å². The molecule has 0 atom stereocenters. The molecule has 0 aliphatic heterocycles. The zero-order valence-electron chi connectivity index (χ0n) is 7.13. The predicted molar refractivity (Wildman–Crippen MR) is 58.9 cm³/mol. The fraction of sp³-hybridized carbons (Fsp3) is 0.0909. The fourth-order valence-corrected chi connectivity index (χ4v) is 1.62. The Morgan fingerprint density at radius 2 is 1.92 bits per heavy atom. The third-order valence-electron chi connectivity index (χ3n) is 1.98. The van der Waals surface area contributed by atoms with Gasteiger partial charge in [0, 0.05) is 17.2 Å². The Bertz CT molecular complexity index is 378. The Morgan fingerprint density at radius 1 is 1.15 bits per heavy atom. The Morgan fingerprint density at radius 3 is 2.54 bits per heavy atom. The van der Waals surface area contributed by atoms with Crippen LogP contribution >= 0.6 is 15.9 Å². The molecule has 0 radical (unpaired) electrons. The van der Waals surface area contributed by atoms with Gasteiger partial charge in [0.1, 0.15) is 0 Å². The molecule has 0 fully saturated rings. The van der Waals surface area contributed by atoms with Crippen molar-refractivity contribution in [1.82, 2.24) is 4.98 Å². The van der Waals surface area contributed by atoms with Crippen molar-refractivity contribution in [2.24, 2.45) is 0 Å². The number of hydrogen-bond acceptors (Lipinski definition) is 0. The first-order chi connectivity index (χ1) is 6.40. The van der Waals surface area contributed by atoms with Gasteiger partial charge in [-0.1, -0.05) is 46.3 Å². The number of benzene rings is 1. The van der Waals surface area contributed by atoms with E-state index < -0.39 is 0 Å². The molecule has 1 aromatic carbocycles. The van der Waals surface area contributed by atoms with Crippen molar-refractivity contribution in [2.75, 3.05) is 0 Å². The van der Waals surface area contributed by atoms with Gasteiger partial charge >= 0.3 is 0 Å². The normalized spacial score (nSPS) is 10.2. The van der Waals surface area contributed by atoms with Crippen LogP contribution in [0.15, 0.2) is 42.6 Å². The van der Waals surface area contributed by atoms with E-state index in [1.165, 1.54) is 16.8 Å². The highest BCUT2D eigenvalue weighted by atomic mass is 79.9. The molecule has 0 unspecified atom stereocenters. The van der Waals surface area contributed by atoms with Gasteiger partial charge in [-0.15, -0.1) is 0 Å². The lowest BCUT2D eigenvalue weighted by Crippen LogP contribution is -1.73. The van der Waals surface area contributed by atoms with Gasteiger partial charge in [0.25, 0.3) is 0 Å². The molecule has 1 N–H and O–H groups in total. The van der Waals surface area contributed by atoms with Crippen LogP contribution in [-0.4, -0.2) is 4.98 Å². The summed E-state index contributed by atoms with van der Waals surface area (Å²) < 4.78 is 0. The largest absolute Gasteiger partial charge is 0.361 e. The van der Waals surface area contributed by atoms with Crippen LogP contribution in [0.4, 0.5) is 0 Å². The lowest BCUT2D eigenvalue weighted by Gasteiger charge is -1.94. The molecule has 0 saturated carbocycles. The van der Waals surface area contributed by atoms with E-state index >= 15 is 0 Å². The van der Waals surface area contributed by atoms with Crippen LogP contribution in [0, 0.1) is 0 Å². The molecule has 0 bridgehead atoms. The van der Waals surface area contributed by atoms with E-state index in [-0.39, 0.29) is 0 Å². The Balaban J connectivity index is 2.36. The summed E-state index contributed by atoms with van der Waals surface area (Å²) in [5, 5.41) is 0.899. The average molecular weight is 236 g/mol. The lowest BCUT2D eigenvalue weighted by molar-refractivity contribution is 1.37. The summed E-state index contributed by atoms with van der Waals surface area (Å²) in [6.45, 7) is 0. The quantitative estimate of drug-likeness (QED) is 0.767. The van der Waals surface area contributed by atoms with Crippen LogP contribution in [0.25, 0.3) is 11.3 Å². The Hall–Kier alpha value is -1.02. The molecule has 2 aromatic rings. The first-order valence-electron chi connectivity index (χ1n) is 4.19. The van der Waals surface area contributed by atoms with Gasteiger partial charge in [0.15, 0.2) is 0 Å². The van der Waals surface area contributed by atoms with E-state index in [1.54, 1.807) is 0 Å². The molecule has 1 aromatic heterocycles. The smallest absolute Gasteiger partial charge is 0.0457 e. The van der Waals surface area contributed by atoms with Gasteiger partial charge in [-0.2, -0.15) is 0 Å². The molecular formula is C11H10BrN. The van der Waals surface area contributed by atoms with Crippen molar-refractivity contribution in [3.8, 4) is 11.3 Å². The maximum atomic E-state index is 3.42. The predicted octanol–water partition coefficient (Wildman–Crippen LogP) is 3.58. The van der Waals surface area contributed by atoms with Crippen molar-refractivity contribution >= 4 is 15.9 Å². The Kier molecular flexibility index (Phi) is 2.50. The summed E-state index contributed by atoms with van der Waals surface area (Å²) >= 11 is 3.42. The summed E-state index contributed by atoms with van der Waals surface area (Å²) in [7, 11) is 0. The van der Waals surface area contributed by atoms with Crippen molar-refractivity contribution < 1.29 is 0 Å². The van der Waals surface area contributed by atoms with Gasteiger partial charge in [0.05, 0.1) is 0 Å². The van der Waals surface area contributed by atoms with Gasteiger partial charge < -0.3 is 4.98 Å². The molecule has 0 spiro atoms. The molecule has 2 rings (SSSR count). The third kappa shape index (κ3) is 1.83. The number of aromatic nitrogens is 1. The van der Waals surface area contributed by atoms with E-state index in [1.807, 2.05) is 24.4 Å². The topological polar surface area (TPSA) is 15.8 Å². The second-order valence-electron chi connectivity index (χ2n) is 2.92. The number of rotatable bonds is 2. The summed E-state index contributed by atoms with van der Waals surface area (Å²) in [6, 6.07) is 12.5. The monoisotopic (exact) mass is 235 g/mol. The number of halogens is 1. The molecule has 1 nitrogen and oxygen atoms in total. The van der Waals surface area contributed by atoms with Crippen LogP contribution in [0.2, 0.25) is 0 Å². The van der Waals surface area contributed by atoms with E-state index in [0.717, 1.165) is 5.33 Å². The van der Waals surface area contributed by atoms with Crippen LogP contribution in [0.1, 0.15) is 5.56 Å². The standard InChI is InChI=1S/C11H10BrN/c12-7-9-6-11(13-8-9)10-4-2-1-3-5-10/h1-6,8,13H,7H2. The molecule has 66 valence electrons. The third-order valence-corrected chi connectivity index (χ3v) is 2.63. The van der Waals surface area contributed by atoms with Gasteiger partial charge in [-0.3, -0.25) is 0 Å². The van der Waals surface area contributed by atoms with E-state index in [4.69, 9.17) is 0 Å². The van der Waals surface area contributed by atoms with E-state index in [0.29, 0.717) is 0 Å². The number of alkyl halides is 1. The molecule has 2 heteroatoms. The molecule has 0 aliphatic carbocycles. The zero-order valence-corrected chi connectivity index (χ0v) is 8.71. The average Bonchev–Trinajstić information content (AvgIpc) is 2.67. The highest BCUT2D eigenvalue weighted by Crippen LogP contribution is 2.19. The minimum atomic E-state index is 0.899. The van der Waals surface area contributed by atoms with Gasteiger partial charge in [0.2, 0.25) is 0 Å². The minimum absolute atomic E-state index is 0.899. The molecule has 0 aliphatic rings. The second kappa shape index (κ2) is 3.79. The summed E-state index contributed by atoms with van der Waals surface area (Å²) in [6.07, 6.45) is 2.02. The minimum Gasteiger partial charge on any atom is -0.361 e.